The van der Waals surface area contributed by atoms with Crippen molar-refractivity contribution in [3.05, 3.63) is 69.2 Å². The normalized spacial score (nSPS) is 18.9. The lowest BCUT2D eigenvalue weighted by atomic mass is 10.1. The Morgan fingerprint density at radius 3 is 2.63 bits per heavy atom. The Hall–Kier alpha value is -2.86. The number of hydrogen-bond donors (Lipinski definition) is 0. The second kappa shape index (κ2) is 9.30. The Labute approximate surface area is 207 Å². The third-order valence-corrected chi connectivity index (χ3v) is 6.80. The first-order valence-corrected chi connectivity index (χ1v) is 11.8. The van der Waals surface area contributed by atoms with Crippen molar-refractivity contribution in [1.29, 1.82) is 0 Å². The zero-order valence-electron chi connectivity index (χ0n) is 18.1. The molecule has 0 atom stereocenters. The highest BCUT2D eigenvalue weighted by atomic mass is 35.5. The number of halogens is 4. The van der Waals surface area contributed by atoms with Crippen LogP contribution in [0.25, 0.3) is 17.0 Å². The molecule has 0 unspecified atom stereocenters. The van der Waals surface area contributed by atoms with E-state index in [1.54, 1.807) is 35.5 Å². The fourth-order valence-corrected chi connectivity index (χ4v) is 5.06. The van der Waals surface area contributed by atoms with E-state index in [-0.39, 0.29) is 28.3 Å². The minimum absolute atomic E-state index is 0.00840. The number of amides is 2. The molecule has 0 N–H and O–H groups in total. The van der Waals surface area contributed by atoms with Gasteiger partial charge in [0.15, 0.2) is 0 Å². The number of carbonyl (C=O) groups excluding carboxylic acids is 2. The highest BCUT2D eigenvalue weighted by Gasteiger charge is 2.39. The minimum Gasteiger partial charge on any atom is -0.379 e. The van der Waals surface area contributed by atoms with E-state index in [0.29, 0.717) is 47.7 Å². The van der Waals surface area contributed by atoms with Crippen molar-refractivity contribution >= 4 is 51.5 Å². The number of alkyl halides is 3. The van der Waals surface area contributed by atoms with Gasteiger partial charge in [-0.25, -0.2) is 5.01 Å². The lowest BCUT2D eigenvalue weighted by Crippen LogP contribution is -2.50. The Balaban J connectivity index is 1.40. The number of nitrogens with zero attached hydrogens (tertiary/aromatic N) is 4. The Bertz CT molecular complexity index is 1350. The number of carbonyl (C=O) groups is 2. The van der Waals surface area contributed by atoms with Gasteiger partial charge >= 0.3 is 11.4 Å². The number of imide groups is 1. The van der Waals surface area contributed by atoms with Gasteiger partial charge in [-0.05, 0) is 53.2 Å². The lowest BCUT2D eigenvalue weighted by molar-refractivity contribution is -0.140. The van der Waals surface area contributed by atoms with Crippen LogP contribution < -0.4 is 0 Å². The molecule has 0 radical (unpaired) electrons. The molecule has 182 valence electrons. The molecule has 2 amide bonds. The minimum atomic E-state index is -4.54. The van der Waals surface area contributed by atoms with Gasteiger partial charge in [-0.2, -0.15) is 23.3 Å². The summed E-state index contributed by atoms with van der Waals surface area (Å²) in [6.07, 6.45) is -1.36. The van der Waals surface area contributed by atoms with E-state index >= 15 is 0 Å². The van der Waals surface area contributed by atoms with Crippen molar-refractivity contribution in [3.63, 3.8) is 0 Å². The second-order valence-corrected chi connectivity index (χ2v) is 9.41. The van der Waals surface area contributed by atoms with Crippen LogP contribution in [-0.2, 0) is 22.3 Å². The summed E-state index contributed by atoms with van der Waals surface area (Å²) < 4.78 is 47.1. The molecule has 3 heterocycles. The fraction of sp³-hybridized carbons (Fsp3) is 0.261. The molecule has 35 heavy (non-hydrogen) atoms. The van der Waals surface area contributed by atoms with E-state index in [4.69, 9.17) is 16.3 Å². The van der Waals surface area contributed by atoms with Gasteiger partial charge in [0.2, 0.25) is 0 Å². The number of morpholine rings is 1. The molecular weight excluding hydrogens is 505 g/mol. The van der Waals surface area contributed by atoms with E-state index in [9.17, 15) is 22.8 Å². The molecular formula is C23H18ClF3N4O3S. The first-order chi connectivity index (χ1) is 16.7. The summed E-state index contributed by atoms with van der Waals surface area (Å²) in [7, 11) is 0. The Morgan fingerprint density at radius 1 is 1.11 bits per heavy atom. The average Bonchev–Trinajstić information content (AvgIpc) is 3.34. The predicted molar refractivity (Wildman–Crippen MR) is 125 cm³/mol. The van der Waals surface area contributed by atoms with E-state index in [1.807, 2.05) is 0 Å². The van der Waals surface area contributed by atoms with E-state index in [0.717, 1.165) is 22.8 Å². The lowest BCUT2D eigenvalue weighted by Gasteiger charge is -2.31. The standard InChI is InChI=1S/C23H18ClF3N4O3S/c24-17-3-2-15(18(11-17)23(25,26)27)13-30-19-4-1-14(9-16(19)12-28-30)10-20-21(32)31(22(33)35-20)29-5-7-34-8-6-29/h1-4,9-12H,5-8,13H2/b20-10-. The topological polar surface area (TPSA) is 67.7 Å². The van der Waals surface area contributed by atoms with Crippen LogP contribution in [-0.4, -0.2) is 57.2 Å². The van der Waals surface area contributed by atoms with Crippen molar-refractivity contribution < 1.29 is 27.5 Å². The fourth-order valence-electron chi connectivity index (χ4n) is 4.04. The molecule has 0 saturated carbocycles. The van der Waals surface area contributed by atoms with Crippen LogP contribution in [0.2, 0.25) is 5.02 Å². The van der Waals surface area contributed by atoms with Crippen LogP contribution >= 0.6 is 23.4 Å². The number of fused-ring (bicyclic) bond motifs is 1. The molecule has 0 spiro atoms. The number of benzene rings is 2. The average molecular weight is 523 g/mol. The van der Waals surface area contributed by atoms with Crippen LogP contribution in [0.15, 0.2) is 47.5 Å². The van der Waals surface area contributed by atoms with Crippen LogP contribution in [0.1, 0.15) is 16.7 Å². The largest absolute Gasteiger partial charge is 0.416 e. The molecule has 0 bridgehead atoms. The smallest absolute Gasteiger partial charge is 0.379 e. The number of thioether (sulfide) groups is 1. The number of ether oxygens (including phenoxy) is 1. The molecule has 12 heteroatoms. The summed E-state index contributed by atoms with van der Waals surface area (Å²) >= 11 is 6.64. The van der Waals surface area contributed by atoms with Gasteiger partial charge in [0, 0.05) is 23.5 Å². The summed E-state index contributed by atoms with van der Waals surface area (Å²) in [5.74, 6) is -0.389. The Kier molecular flexibility index (Phi) is 6.34. The second-order valence-electron chi connectivity index (χ2n) is 7.98. The van der Waals surface area contributed by atoms with Crippen molar-refractivity contribution in [1.82, 2.24) is 19.8 Å². The Morgan fingerprint density at radius 2 is 1.89 bits per heavy atom. The molecule has 2 aromatic carbocycles. The molecule has 2 fully saturated rings. The first-order valence-electron chi connectivity index (χ1n) is 10.6. The van der Waals surface area contributed by atoms with Crippen LogP contribution in [0.4, 0.5) is 18.0 Å². The third kappa shape index (κ3) is 4.81. The van der Waals surface area contributed by atoms with E-state index < -0.39 is 11.7 Å². The zero-order valence-corrected chi connectivity index (χ0v) is 19.7. The van der Waals surface area contributed by atoms with Crippen molar-refractivity contribution in [2.45, 2.75) is 12.7 Å². The van der Waals surface area contributed by atoms with Crippen LogP contribution in [0, 0.1) is 0 Å². The van der Waals surface area contributed by atoms with Gasteiger partial charge in [-0.3, -0.25) is 14.3 Å². The monoisotopic (exact) mass is 522 g/mol. The molecule has 3 aromatic rings. The SMILES string of the molecule is O=C1S/C(=C\c2ccc3c(cnn3Cc3ccc(Cl)cc3C(F)(F)F)c2)C(=O)N1N1CCOCC1. The maximum absolute atomic E-state index is 13.5. The summed E-state index contributed by atoms with van der Waals surface area (Å²) in [6, 6.07) is 8.90. The van der Waals surface area contributed by atoms with Crippen LogP contribution in [0.5, 0.6) is 0 Å². The van der Waals surface area contributed by atoms with Gasteiger partial charge in [0.1, 0.15) is 0 Å². The summed E-state index contributed by atoms with van der Waals surface area (Å²) in [5, 5.41) is 7.42. The van der Waals surface area contributed by atoms with Gasteiger partial charge < -0.3 is 4.74 Å². The maximum Gasteiger partial charge on any atom is 0.416 e. The molecule has 2 saturated heterocycles. The molecule has 1 aromatic heterocycles. The molecule has 2 aliphatic rings. The number of hydrazine groups is 1. The maximum atomic E-state index is 13.5. The summed E-state index contributed by atoms with van der Waals surface area (Å²) in [5.41, 5.74) is 0.549. The molecule has 7 nitrogen and oxygen atoms in total. The summed E-state index contributed by atoms with van der Waals surface area (Å²) in [6.45, 7) is 1.72. The molecule has 2 aliphatic heterocycles. The molecule has 5 rings (SSSR count). The van der Waals surface area contributed by atoms with Crippen molar-refractivity contribution in [2.24, 2.45) is 0 Å². The predicted octanol–water partition coefficient (Wildman–Crippen LogP) is 5.04. The molecule has 0 aliphatic carbocycles. The number of aromatic nitrogens is 2. The van der Waals surface area contributed by atoms with Gasteiger partial charge in [0.05, 0.1) is 41.9 Å². The van der Waals surface area contributed by atoms with E-state index in [2.05, 4.69) is 5.10 Å². The zero-order chi connectivity index (χ0) is 24.7. The number of rotatable bonds is 4. The summed E-state index contributed by atoms with van der Waals surface area (Å²) in [4.78, 5) is 25.6. The first kappa shape index (κ1) is 23.9. The third-order valence-electron chi connectivity index (χ3n) is 5.70. The van der Waals surface area contributed by atoms with Crippen molar-refractivity contribution in [2.75, 3.05) is 26.3 Å². The van der Waals surface area contributed by atoms with Gasteiger partial charge in [-0.15, -0.1) is 0 Å². The van der Waals surface area contributed by atoms with Gasteiger partial charge in [-0.1, -0.05) is 23.7 Å². The van der Waals surface area contributed by atoms with E-state index in [1.165, 1.54) is 16.8 Å². The highest BCUT2D eigenvalue weighted by Crippen LogP contribution is 2.35. The van der Waals surface area contributed by atoms with Gasteiger partial charge in [0.25, 0.3) is 5.91 Å². The quantitative estimate of drug-likeness (QED) is 0.447. The van der Waals surface area contributed by atoms with Crippen molar-refractivity contribution in [3.8, 4) is 0 Å². The van der Waals surface area contributed by atoms with Crippen LogP contribution in [0.3, 0.4) is 0 Å². The highest BCUT2D eigenvalue weighted by molar-refractivity contribution is 8.18. The number of hydrogen-bond acceptors (Lipinski definition) is 6.